The summed E-state index contributed by atoms with van der Waals surface area (Å²) in [5.74, 6) is 1.01. The van der Waals surface area contributed by atoms with Crippen LogP contribution in [-0.2, 0) is 15.5 Å². The number of hydrogen-bond donors (Lipinski definition) is 3. The van der Waals surface area contributed by atoms with Crippen LogP contribution in [0.1, 0.15) is 60.3 Å². The lowest BCUT2D eigenvalue weighted by Gasteiger charge is -2.29. The first-order valence-electron chi connectivity index (χ1n) is 11.8. The van der Waals surface area contributed by atoms with Crippen molar-refractivity contribution in [3.05, 3.63) is 48.0 Å². The number of nitrogens with zero attached hydrogens (tertiary/aromatic N) is 4. The van der Waals surface area contributed by atoms with E-state index in [1.807, 2.05) is 16.7 Å². The molecule has 4 rings (SSSR count). The van der Waals surface area contributed by atoms with Crippen molar-refractivity contribution in [3.63, 3.8) is 0 Å². The maximum atomic E-state index is 13.6. The average molecular weight is 531 g/mol. The molecule has 11 heteroatoms. The Labute approximate surface area is 217 Å². The maximum Gasteiger partial charge on any atom is 0.261 e. The summed E-state index contributed by atoms with van der Waals surface area (Å²) in [7, 11) is -3.67. The molecule has 4 aromatic rings. The van der Waals surface area contributed by atoms with E-state index in [1.165, 1.54) is 12.1 Å². The molecule has 1 unspecified atom stereocenters. The average Bonchev–Trinajstić information content (AvgIpc) is 3.32. The van der Waals surface area contributed by atoms with E-state index in [2.05, 4.69) is 58.4 Å². The number of halogens is 1. The molecular weight excluding hydrogens is 495 g/mol. The molecule has 0 radical (unpaired) electrons. The zero-order valence-electron chi connectivity index (χ0n) is 22.5. The van der Waals surface area contributed by atoms with Crippen molar-refractivity contribution in [3.8, 4) is 22.6 Å². The topological polar surface area (TPSA) is 140 Å². The highest BCUT2D eigenvalue weighted by molar-refractivity contribution is 7.85. The molecule has 3 aromatic heterocycles. The summed E-state index contributed by atoms with van der Waals surface area (Å²) in [4.78, 5) is 17.9. The number of aromatic amines is 1. The number of aromatic nitrogens is 5. The minimum atomic E-state index is -3.67. The lowest BCUT2D eigenvalue weighted by Crippen LogP contribution is -2.23. The molecule has 0 aliphatic heterocycles. The molecule has 3 heterocycles. The molecule has 0 fully saturated rings. The molecule has 4 N–H and O–H groups in total. The van der Waals surface area contributed by atoms with Crippen molar-refractivity contribution in [2.75, 3.05) is 12.0 Å². The van der Waals surface area contributed by atoms with Crippen molar-refractivity contribution >= 4 is 27.2 Å². The number of pyridine rings is 1. The molecule has 0 bridgehead atoms. The molecule has 1 aromatic carbocycles. The first-order chi connectivity index (χ1) is 16.9. The van der Waals surface area contributed by atoms with Gasteiger partial charge in [0.15, 0.2) is 5.65 Å². The number of nitrogen functional groups attached to an aromatic ring is 1. The second-order valence-electron chi connectivity index (χ2n) is 11.2. The van der Waals surface area contributed by atoms with Gasteiger partial charge in [0.1, 0.15) is 17.2 Å². The third kappa shape index (κ3) is 6.72. The van der Waals surface area contributed by atoms with Crippen LogP contribution in [0.3, 0.4) is 0 Å². The minimum absolute atomic E-state index is 0.0217. The second kappa shape index (κ2) is 9.86. The summed E-state index contributed by atoms with van der Waals surface area (Å²) in [6.45, 7) is 14.9. The zero-order valence-corrected chi connectivity index (χ0v) is 23.3. The van der Waals surface area contributed by atoms with Gasteiger partial charge in [-0.3, -0.25) is 9.12 Å². The first kappa shape index (κ1) is 28.3. The van der Waals surface area contributed by atoms with Gasteiger partial charge in [-0.1, -0.05) is 41.5 Å². The Morgan fingerprint density at radius 1 is 1.00 bits per heavy atom. The van der Waals surface area contributed by atoms with Crippen molar-refractivity contribution in [2.45, 2.75) is 59.9 Å². The molecule has 0 aliphatic carbocycles. The smallest absolute Gasteiger partial charge is 0.261 e. The van der Waals surface area contributed by atoms with Crippen LogP contribution in [0.4, 0.5) is 10.3 Å². The van der Waals surface area contributed by atoms with E-state index in [-0.39, 0.29) is 22.7 Å². The molecular formula is C26H35FN6O3S. The predicted molar refractivity (Wildman–Crippen MR) is 145 cm³/mol. The Bertz CT molecular complexity index is 1500. The summed E-state index contributed by atoms with van der Waals surface area (Å²) in [5, 5.41) is 0. The minimum Gasteiger partial charge on any atom is -0.369 e. The van der Waals surface area contributed by atoms with Crippen molar-refractivity contribution in [1.29, 1.82) is 0 Å². The number of hydrogen-bond acceptors (Lipinski definition) is 6. The highest BCUT2D eigenvalue weighted by Gasteiger charge is 2.27. The Kier molecular flexibility index (Phi) is 7.54. The molecule has 1 atom stereocenters. The number of nitrogens with two attached hydrogens (primary N) is 1. The molecule has 0 saturated carbocycles. The van der Waals surface area contributed by atoms with Gasteiger partial charge in [-0.25, -0.2) is 19.3 Å². The number of anilines is 1. The highest BCUT2D eigenvalue weighted by Crippen LogP contribution is 2.37. The Balaban J connectivity index is 0.000000695. The molecule has 0 spiro atoms. The number of nitrogens with one attached hydrogen (secondary N) is 1. The number of rotatable bonds is 3. The van der Waals surface area contributed by atoms with E-state index >= 15 is 0 Å². The Morgan fingerprint density at radius 3 is 2.08 bits per heavy atom. The molecule has 0 amide bonds. The Morgan fingerprint density at radius 2 is 1.57 bits per heavy atom. The van der Waals surface area contributed by atoms with Crippen LogP contribution in [0.25, 0.3) is 33.8 Å². The molecule has 200 valence electrons. The van der Waals surface area contributed by atoms with Gasteiger partial charge in [0.05, 0.1) is 23.3 Å². The quantitative estimate of drug-likeness (QED) is 0.292. The van der Waals surface area contributed by atoms with Gasteiger partial charge >= 0.3 is 0 Å². The number of fused-ring (bicyclic) bond motifs is 1. The fourth-order valence-corrected chi connectivity index (χ4v) is 3.63. The van der Waals surface area contributed by atoms with Gasteiger partial charge in [-0.15, -0.1) is 0 Å². The van der Waals surface area contributed by atoms with Gasteiger partial charge < -0.3 is 10.7 Å². The summed E-state index contributed by atoms with van der Waals surface area (Å²) in [6, 6.07) is 10.3. The van der Waals surface area contributed by atoms with Crippen LogP contribution >= 0.6 is 0 Å². The van der Waals surface area contributed by atoms with Crippen LogP contribution in [0, 0.1) is 11.2 Å². The SMILES string of the molecule is CC(n1c(N)nc2ccc(-c3[nH]c(C(C)(C)C)nc3-c3ccc(F)cc3)nc21)C(C)(C)C.CS(=O)(=O)O. The molecule has 37 heavy (non-hydrogen) atoms. The summed E-state index contributed by atoms with van der Waals surface area (Å²) in [6.07, 6.45) is 0.715. The Hall–Kier alpha value is -3.31. The summed E-state index contributed by atoms with van der Waals surface area (Å²) in [5.41, 5.74) is 10.7. The van der Waals surface area contributed by atoms with Crippen molar-refractivity contribution < 1.29 is 17.4 Å². The second-order valence-corrected chi connectivity index (χ2v) is 12.7. The van der Waals surface area contributed by atoms with E-state index in [9.17, 15) is 12.8 Å². The van der Waals surface area contributed by atoms with E-state index in [0.29, 0.717) is 12.2 Å². The standard InChI is InChI=1S/C25H31FN6.CH4O3S/c1-14(24(2,3)4)32-21-18(29-23(32)27)13-12-17(28-21)20-19(15-8-10-16(26)11-9-15)30-22(31-20)25(5,6)7;1-5(2,3)4/h8-14H,1-7H3,(H2,27,29)(H,30,31);1H3,(H,2,3,4). The van der Waals surface area contributed by atoms with Crippen LogP contribution in [0.15, 0.2) is 36.4 Å². The van der Waals surface area contributed by atoms with E-state index in [0.717, 1.165) is 39.6 Å². The highest BCUT2D eigenvalue weighted by atomic mass is 32.2. The lowest BCUT2D eigenvalue weighted by atomic mass is 9.88. The zero-order chi connectivity index (χ0) is 27.9. The van der Waals surface area contributed by atoms with Crippen LogP contribution in [-0.4, -0.2) is 43.7 Å². The van der Waals surface area contributed by atoms with Crippen molar-refractivity contribution in [2.24, 2.45) is 5.41 Å². The molecule has 9 nitrogen and oxygen atoms in total. The van der Waals surface area contributed by atoms with E-state index in [4.69, 9.17) is 20.3 Å². The number of imidazole rings is 2. The predicted octanol–water partition coefficient (Wildman–Crippen LogP) is 5.62. The first-order valence-corrected chi connectivity index (χ1v) is 13.6. The van der Waals surface area contributed by atoms with Gasteiger partial charge in [0.2, 0.25) is 5.95 Å². The van der Waals surface area contributed by atoms with Crippen molar-refractivity contribution in [1.82, 2.24) is 24.5 Å². The maximum absolute atomic E-state index is 13.6. The third-order valence-corrected chi connectivity index (χ3v) is 5.99. The van der Waals surface area contributed by atoms with Gasteiger partial charge in [-0.05, 0) is 48.7 Å². The molecule has 0 saturated heterocycles. The number of benzene rings is 1. The lowest BCUT2D eigenvalue weighted by molar-refractivity contribution is 0.269. The van der Waals surface area contributed by atoms with Crippen LogP contribution in [0.5, 0.6) is 0 Å². The van der Waals surface area contributed by atoms with Crippen LogP contribution in [0.2, 0.25) is 0 Å². The monoisotopic (exact) mass is 530 g/mol. The van der Waals surface area contributed by atoms with E-state index < -0.39 is 10.1 Å². The van der Waals surface area contributed by atoms with Crippen LogP contribution < -0.4 is 5.73 Å². The number of H-pyrrole nitrogens is 1. The molecule has 0 aliphatic rings. The van der Waals surface area contributed by atoms with Gasteiger partial charge in [0, 0.05) is 17.0 Å². The fourth-order valence-electron chi connectivity index (χ4n) is 3.63. The largest absolute Gasteiger partial charge is 0.369 e. The summed E-state index contributed by atoms with van der Waals surface area (Å²) < 4.78 is 41.4. The third-order valence-electron chi connectivity index (χ3n) is 5.99. The summed E-state index contributed by atoms with van der Waals surface area (Å²) >= 11 is 0. The van der Waals surface area contributed by atoms with E-state index in [1.54, 1.807) is 12.1 Å². The fraction of sp³-hybridized carbons (Fsp3) is 0.423. The van der Waals surface area contributed by atoms with Gasteiger partial charge in [0.25, 0.3) is 10.1 Å². The van der Waals surface area contributed by atoms with Gasteiger partial charge in [-0.2, -0.15) is 8.42 Å². The normalized spacial score (nSPS) is 13.4.